The molecule has 2 aromatic carbocycles. The predicted octanol–water partition coefficient (Wildman–Crippen LogP) is 4.08. The first-order chi connectivity index (χ1) is 15.7. The number of hydrogen-bond acceptors (Lipinski definition) is 3. The van der Waals surface area contributed by atoms with Crippen LogP contribution in [0.4, 0.5) is 0 Å². The maximum Gasteiger partial charge on any atom is 0.253 e. The van der Waals surface area contributed by atoms with Gasteiger partial charge in [-0.15, -0.1) is 6.58 Å². The van der Waals surface area contributed by atoms with E-state index in [1.165, 1.54) is 0 Å². The highest BCUT2D eigenvalue weighted by molar-refractivity contribution is 5.95. The molecule has 4 rings (SSSR count). The number of benzene rings is 2. The van der Waals surface area contributed by atoms with E-state index >= 15 is 0 Å². The average Bonchev–Trinajstić information content (AvgIpc) is 3.00. The van der Waals surface area contributed by atoms with Crippen LogP contribution in [0.15, 0.2) is 91.8 Å². The molecule has 0 aliphatic carbocycles. The first-order valence-electron chi connectivity index (χ1n) is 10.9. The lowest BCUT2D eigenvalue weighted by Gasteiger charge is -2.24. The smallest absolute Gasteiger partial charge is 0.253 e. The minimum Gasteiger partial charge on any atom is -0.337 e. The molecule has 0 saturated carbocycles. The monoisotopic (exact) mass is 425 g/mol. The Bertz CT molecular complexity index is 1080. The van der Waals surface area contributed by atoms with Gasteiger partial charge in [0.1, 0.15) is 0 Å². The normalized spacial score (nSPS) is 16.5. The van der Waals surface area contributed by atoms with Crippen molar-refractivity contribution in [2.24, 2.45) is 5.92 Å². The second kappa shape index (κ2) is 10.1. The SMILES string of the molecule is C=CCN1CCN(C(=O)c2ccccc2)CC(Cc2ccccc2-c2cccnc2)C1=O. The van der Waals surface area contributed by atoms with Gasteiger partial charge < -0.3 is 9.80 Å². The standard InChI is InChI=1S/C27H27N3O2/c1-2-15-29-16-17-30(26(31)21-9-4-3-5-10-21)20-24(27(29)32)18-22-11-6-7-13-25(22)23-12-8-14-28-19-23/h2-14,19,24H,1,15-18,20H2. The number of hydrogen-bond donors (Lipinski definition) is 0. The van der Waals surface area contributed by atoms with Crippen LogP contribution in [0.3, 0.4) is 0 Å². The zero-order chi connectivity index (χ0) is 22.3. The summed E-state index contributed by atoms with van der Waals surface area (Å²) in [6.45, 7) is 5.68. The summed E-state index contributed by atoms with van der Waals surface area (Å²) in [5, 5.41) is 0. The highest BCUT2D eigenvalue weighted by atomic mass is 16.2. The van der Waals surface area contributed by atoms with E-state index in [1.807, 2.05) is 70.6 Å². The molecule has 0 spiro atoms. The summed E-state index contributed by atoms with van der Waals surface area (Å²) in [5.74, 6) is -0.304. The van der Waals surface area contributed by atoms with E-state index in [9.17, 15) is 9.59 Å². The van der Waals surface area contributed by atoms with Crippen LogP contribution in [0.1, 0.15) is 15.9 Å². The molecule has 1 saturated heterocycles. The van der Waals surface area contributed by atoms with Crippen LogP contribution in [-0.2, 0) is 11.2 Å². The summed E-state index contributed by atoms with van der Waals surface area (Å²) in [5.41, 5.74) is 3.80. The third-order valence-electron chi connectivity index (χ3n) is 5.86. The molecule has 2 heterocycles. The second-order valence-electron chi connectivity index (χ2n) is 7.99. The first-order valence-corrected chi connectivity index (χ1v) is 10.9. The predicted molar refractivity (Wildman–Crippen MR) is 126 cm³/mol. The van der Waals surface area contributed by atoms with E-state index in [-0.39, 0.29) is 17.7 Å². The maximum atomic E-state index is 13.4. The van der Waals surface area contributed by atoms with Crippen LogP contribution in [0.5, 0.6) is 0 Å². The number of nitrogens with zero attached hydrogens (tertiary/aromatic N) is 3. The number of carbonyl (C=O) groups excluding carboxylic acids is 2. The van der Waals surface area contributed by atoms with E-state index in [4.69, 9.17) is 0 Å². The molecule has 1 fully saturated rings. The van der Waals surface area contributed by atoms with Gasteiger partial charge in [-0.2, -0.15) is 0 Å². The lowest BCUT2D eigenvalue weighted by molar-refractivity contribution is -0.134. The Hall–Kier alpha value is -3.73. The van der Waals surface area contributed by atoms with Gasteiger partial charge in [0.2, 0.25) is 5.91 Å². The molecule has 0 bridgehead atoms. The van der Waals surface area contributed by atoms with Gasteiger partial charge in [0.25, 0.3) is 5.91 Å². The molecule has 1 aliphatic heterocycles. The summed E-state index contributed by atoms with van der Waals surface area (Å²) in [4.78, 5) is 34.5. The quantitative estimate of drug-likeness (QED) is 0.559. The van der Waals surface area contributed by atoms with Crippen molar-refractivity contribution in [2.45, 2.75) is 6.42 Å². The van der Waals surface area contributed by atoms with Gasteiger partial charge in [0, 0.05) is 49.7 Å². The Morgan fingerprint density at radius 2 is 1.81 bits per heavy atom. The zero-order valence-corrected chi connectivity index (χ0v) is 18.1. The van der Waals surface area contributed by atoms with Crippen molar-refractivity contribution in [1.82, 2.24) is 14.8 Å². The van der Waals surface area contributed by atoms with Crippen LogP contribution in [-0.4, -0.2) is 52.8 Å². The van der Waals surface area contributed by atoms with E-state index in [1.54, 1.807) is 12.3 Å². The minimum absolute atomic E-state index is 0.0376. The summed E-state index contributed by atoms with van der Waals surface area (Å²) in [7, 11) is 0. The van der Waals surface area contributed by atoms with Crippen molar-refractivity contribution in [3.8, 4) is 11.1 Å². The van der Waals surface area contributed by atoms with Gasteiger partial charge in [-0.05, 0) is 35.7 Å². The van der Waals surface area contributed by atoms with Crippen LogP contribution < -0.4 is 0 Å². The average molecular weight is 426 g/mol. The number of pyridine rings is 1. The first kappa shape index (κ1) is 21.5. The minimum atomic E-state index is -0.331. The van der Waals surface area contributed by atoms with E-state index in [0.717, 1.165) is 16.7 Å². The fraction of sp³-hybridized carbons (Fsp3) is 0.222. The summed E-state index contributed by atoms with van der Waals surface area (Å²) >= 11 is 0. The number of aromatic nitrogens is 1. The molecule has 162 valence electrons. The van der Waals surface area contributed by atoms with Crippen LogP contribution in [0, 0.1) is 5.92 Å². The maximum absolute atomic E-state index is 13.4. The van der Waals surface area contributed by atoms with Crippen LogP contribution >= 0.6 is 0 Å². The Labute approximate surface area is 189 Å². The van der Waals surface area contributed by atoms with Gasteiger partial charge in [-0.25, -0.2) is 0 Å². The molecule has 5 heteroatoms. The Balaban J connectivity index is 1.64. The molecule has 1 atom stereocenters. The van der Waals surface area contributed by atoms with E-state index in [2.05, 4.69) is 23.7 Å². The topological polar surface area (TPSA) is 53.5 Å². The molecule has 32 heavy (non-hydrogen) atoms. The molecular formula is C27H27N3O2. The van der Waals surface area contributed by atoms with Crippen molar-refractivity contribution in [1.29, 1.82) is 0 Å². The number of carbonyl (C=O) groups is 2. The van der Waals surface area contributed by atoms with E-state index in [0.29, 0.717) is 38.2 Å². The van der Waals surface area contributed by atoms with Crippen LogP contribution in [0.2, 0.25) is 0 Å². The molecule has 1 unspecified atom stereocenters. The highest BCUT2D eigenvalue weighted by Crippen LogP contribution is 2.27. The van der Waals surface area contributed by atoms with Crippen molar-refractivity contribution in [3.63, 3.8) is 0 Å². The molecule has 3 aromatic rings. The summed E-state index contributed by atoms with van der Waals surface area (Å²) in [6.07, 6.45) is 5.88. The molecule has 1 aromatic heterocycles. The molecule has 0 radical (unpaired) electrons. The molecule has 0 N–H and O–H groups in total. The van der Waals surface area contributed by atoms with Crippen molar-refractivity contribution >= 4 is 11.8 Å². The Morgan fingerprint density at radius 3 is 2.56 bits per heavy atom. The lowest BCUT2D eigenvalue weighted by Crippen LogP contribution is -2.38. The molecular weight excluding hydrogens is 398 g/mol. The third kappa shape index (κ3) is 4.78. The fourth-order valence-electron chi connectivity index (χ4n) is 4.25. The number of rotatable bonds is 6. The van der Waals surface area contributed by atoms with Crippen molar-refractivity contribution < 1.29 is 9.59 Å². The molecule has 2 amide bonds. The fourth-order valence-corrected chi connectivity index (χ4v) is 4.25. The van der Waals surface area contributed by atoms with Crippen LogP contribution in [0.25, 0.3) is 11.1 Å². The Morgan fingerprint density at radius 1 is 1.03 bits per heavy atom. The molecule has 1 aliphatic rings. The molecule has 5 nitrogen and oxygen atoms in total. The third-order valence-corrected chi connectivity index (χ3v) is 5.86. The summed E-state index contributed by atoms with van der Waals surface area (Å²) in [6, 6.07) is 21.3. The van der Waals surface area contributed by atoms with Crippen molar-refractivity contribution in [3.05, 3.63) is 103 Å². The van der Waals surface area contributed by atoms with Gasteiger partial charge in [-0.3, -0.25) is 14.6 Å². The van der Waals surface area contributed by atoms with Gasteiger partial charge in [-0.1, -0.05) is 54.6 Å². The highest BCUT2D eigenvalue weighted by Gasteiger charge is 2.32. The van der Waals surface area contributed by atoms with Gasteiger partial charge in [0.05, 0.1) is 5.92 Å². The Kier molecular flexibility index (Phi) is 6.75. The second-order valence-corrected chi connectivity index (χ2v) is 7.99. The van der Waals surface area contributed by atoms with Crippen molar-refractivity contribution in [2.75, 3.05) is 26.2 Å². The zero-order valence-electron chi connectivity index (χ0n) is 18.1. The lowest BCUT2D eigenvalue weighted by atomic mass is 9.91. The number of amides is 2. The summed E-state index contributed by atoms with van der Waals surface area (Å²) < 4.78 is 0. The van der Waals surface area contributed by atoms with Gasteiger partial charge >= 0.3 is 0 Å². The van der Waals surface area contributed by atoms with Gasteiger partial charge in [0.15, 0.2) is 0 Å². The van der Waals surface area contributed by atoms with E-state index < -0.39 is 0 Å². The largest absolute Gasteiger partial charge is 0.337 e.